The maximum atomic E-state index is 14.2. The summed E-state index contributed by atoms with van der Waals surface area (Å²) in [6.45, 7) is 0.584. The maximum absolute atomic E-state index is 14.2. The summed E-state index contributed by atoms with van der Waals surface area (Å²) >= 11 is 0. The van der Waals surface area contributed by atoms with Crippen LogP contribution in [0.25, 0.3) is 0 Å². The Kier molecular flexibility index (Phi) is 17.0. The van der Waals surface area contributed by atoms with Gasteiger partial charge in [0.15, 0.2) is 37.0 Å². The molecule has 0 aromatic heterocycles. The lowest BCUT2D eigenvalue weighted by atomic mass is 9.96. The second-order valence-electron chi connectivity index (χ2n) is 15.5. The molecular formula is C51H50O16. The number of aliphatic hydroxyl groups excluding tert-OH is 2. The fourth-order valence-electron chi connectivity index (χ4n) is 7.36. The Hall–Kier alpha value is -6.79. The quantitative estimate of drug-likeness (QED) is 0.0609. The number of aliphatic hydroxyl groups is 2. The molecule has 2 aliphatic heterocycles. The van der Waals surface area contributed by atoms with Gasteiger partial charge in [-0.2, -0.15) is 0 Å². The van der Waals surface area contributed by atoms with Crippen molar-refractivity contribution in [2.75, 3.05) is 19.8 Å². The average Bonchev–Trinajstić information content (AvgIpc) is 3.37. The average molecular weight is 919 g/mol. The molecule has 0 saturated carbocycles. The van der Waals surface area contributed by atoms with Crippen LogP contribution in [0.4, 0.5) is 0 Å². The molecule has 0 radical (unpaired) electrons. The predicted molar refractivity (Wildman–Crippen MR) is 235 cm³/mol. The molecule has 10 atom stereocenters. The molecule has 0 bridgehead atoms. The molecule has 350 valence electrons. The molecule has 5 aromatic rings. The minimum Gasteiger partial charge on any atom is -0.459 e. The van der Waals surface area contributed by atoms with Gasteiger partial charge in [0.25, 0.3) is 0 Å². The normalized spacial score (nSPS) is 24.6. The summed E-state index contributed by atoms with van der Waals surface area (Å²) in [5, 5.41) is 22.2. The largest absolute Gasteiger partial charge is 0.459 e. The van der Waals surface area contributed by atoms with Gasteiger partial charge in [-0.1, -0.05) is 104 Å². The van der Waals surface area contributed by atoms with E-state index in [0.717, 1.165) is 0 Å². The van der Waals surface area contributed by atoms with Crippen LogP contribution in [0.5, 0.6) is 0 Å². The zero-order chi connectivity index (χ0) is 47.1. The molecule has 2 heterocycles. The van der Waals surface area contributed by atoms with E-state index in [1.54, 1.807) is 91.0 Å². The van der Waals surface area contributed by atoms with E-state index in [1.807, 2.05) is 6.92 Å². The summed E-state index contributed by atoms with van der Waals surface area (Å²) in [4.78, 5) is 69.2. The van der Waals surface area contributed by atoms with Crippen molar-refractivity contribution in [3.05, 3.63) is 179 Å². The number of esters is 5. The third-order valence-electron chi connectivity index (χ3n) is 10.9. The highest BCUT2D eigenvalue weighted by molar-refractivity contribution is 5.92. The van der Waals surface area contributed by atoms with Crippen molar-refractivity contribution >= 4 is 29.8 Å². The highest BCUT2D eigenvalue weighted by atomic mass is 16.8. The number of hydrogen-bond donors (Lipinski definition) is 2. The molecule has 0 aliphatic carbocycles. The molecule has 2 fully saturated rings. The van der Waals surface area contributed by atoms with Crippen LogP contribution in [0, 0.1) is 0 Å². The SMILES string of the molecule is CCCCO[C@@H]1OC(COC(=O)c2ccccc2)[C@@H](O[C@@H]2OC(CO)[C@H](O)C(OC(=O)c3ccccc3)C2OC(=O)c2ccccc2)C(OC(=O)c2ccccc2)C1OC(=O)c1ccccc1. The fourth-order valence-corrected chi connectivity index (χ4v) is 7.36. The van der Waals surface area contributed by atoms with Gasteiger partial charge in [-0.3, -0.25) is 0 Å². The summed E-state index contributed by atoms with van der Waals surface area (Å²) in [6.07, 6.45) is -15.5. The highest BCUT2D eigenvalue weighted by Crippen LogP contribution is 2.36. The first-order valence-corrected chi connectivity index (χ1v) is 21.8. The topological polar surface area (TPSA) is 209 Å². The van der Waals surface area contributed by atoms with Crippen molar-refractivity contribution in [3.63, 3.8) is 0 Å². The molecule has 67 heavy (non-hydrogen) atoms. The Morgan fingerprint density at radius 2 is 0.851 bits per heavy atom. The van der Waals surface area contributed by atoms with Gasteiger partial charge >= 0.3 is 29.8 Å². The molecule has 16 heteroatoms. The van der Waals surface area contributed by atoms with Gasteiger partial charge in [0.05, 0.1) is 34.4 Å². The Morgan fingerprint density at radius 3 is 1.27 bits per heavy atom. The summed E-state index contributed by atoms with van der Waals surface area (Å²) in [6, 6.07) is 39.6. The second kappa shape index (κ2) is 23.6. The Morgan fingerprint density at radius 1 is 0.478 bits per heavy atom. The zero-order valence-corrected chi connectivity index (χ0v) is 36.4. The number of ether oxygens (including phenoxy) is 9. The van der Waals surface area contributed by atoms with E-state index in [-0.39, 0.29) is 34.4 Å². The van der Waals surface area contributed by atoms with E-state index in [1.165, 1.54) is 60.7 Å². The second-order valence-corrected chi connectivity index (χ2v) is 15.5. The third kappa shape index (κ3) is 12.4. The van der Waals surface area contributed by atoms with Gasteiger partial charge in [-0.25, -0.2) is 24.0 Å². The Labute approximate surface area is 386 Å². The van der Waals surface area contributed by atoms with E-state index < -0.39 is 104 Å². The summed E-state index contributed by atoms with van der Waals surface area (Å²) in [5.41, 5.74) is 0.564. The predicted octanol–water partition coefficient (Wildman–Crippen LogP) is 5.75. The van der Waals surface area contributed by atoms with Crippen LogP contribution in [0.2, 0.25) is 0 Å². The minimum absolute atomic E-state index is 0.0643. The molecule has 16 nitrogen and oxygen atoms in total. The first kappa shape index (κ1) is 48.2. The van der Waals surface area contributed by atoms with E-state index in [0.29, 0.717) is 12.8 Å². The van der Waals surface area contributed by atoms with Crippen molar-refractivity contribution in [1.29, 1.82) is 0 Å². The number of benzene rings is 5. The van der Waals surface area contributed by atoms with Crippen molar-refractivity contribution in [2.45, 2.75) is 81.2 Å². The van der Waals surface area contributed by atoms with Gasteiger partial charge in [0, 0.05) is 6.61 Å². The zero-order valence-electron chi connectivity index (χ0n) is 36.4. The number of hydrogen-bond acceptors (Lipinski definition) is 16. The van der Waals surface area contributed by atoms with Crippen molar-refractivity contribution < 1.29 is 76.8 Å². The molecule has 2 saturated heterocycles. The molecule has 0 spiro atoms. The fraction of sp³-hybridized carbons (Fsp3) is 0.314. The maximum Gasteiger partial charge on any atom is 0.338 e. The summed E-state index contributed by atoms with van der Waals surface area (Å²) < 4.78 is 55.7. The van der Waals surface area contributed by atoms with Crippen LogP contribution < -0.4 is 0 Å². The van der Waals surface area contributed by atoms with Crippen molar-refractivity contribution in [1.82, 2.24) is 0 Å². The first-order valence-electron chi connectivity index (χ1n) is 21.8. The summed E-state index contributed by atoms with van der Waals surface area (Å²) in [7, 11) is 0. The van der Waals surface area contributed by atoms with E-state index in [2.05, 4.69) is 0 Å². The smallest absolute Gasteiger partial charge is 0.338 e. The lowest BCUT2D eigenvalue weighted by Gasteiger charge is -2.48. The van der Waals surface area contributed by atoms with Gasteiger partial charge < -0.3 is 52.8 Å². The molecule has 0 amide bonds. The van der Waals surface area contributed by atoms with Crippen LogP contribution in [0.1, 0.15) is 71.6 Å². The number of unbranched alkanes of at least 4 members (excludes halogenated alkanes) is 1. The first-order chi connectivity index (χ1) is 32.6. The van der Waals surface area contributed by atoms with Gasteiger partial charge in [0.1, 0.15) is 31.0 Å². The molecule has 5 aromatic carbocycles. The third-order valence-corrected chi connectivity index (χ3v) is 10.9. The summed E-state index contributed by atoms with van der Waals surface area (Å²) in [5.74, 6) is -4.39. The van der Waals surface area contributed by atoms with Crippen molar-refractivity contribution in [3.8, 4) is 0 Å². The molecule has 2 N–H and O–H groups in total. The lowest BCUT2D eigenvalue weighted by molar-refractivity contribution is -0.356. The minimum atomic E-state index is -1.89. The van der Waals surface area contributed by atoms with Crippen LogP contribution in [0.15, 0.2) is 152 Å². The monoisotopic (exact) mass is 918 g/mol. The van der Waals surface area contributed by atoms with E-state index in [4.69, 9.17) is 42.6 Å². The van der Waals surface area contributed by atoms with Crippen LogP contribution >= 0.6 is 0 Å². The van der Waals surface area contributed by atoms with Crippen molar-refractivity contribution in [2.24, 2.45) is 0 Å². The number of carbonyl (C=O) groups is 5. The molecular weight excluding hydrogens is 869 g/mol. The molecule has 6 unspecified atom stereocenters. The Balaban J connectivity index is 1.33. The van der Waals surface area contributed by atoms with Gasteiger partial charge in [0.2, 0.25) is 0 Å². The van der Waals surface area contributed by atoms with Crippen LogP contribution in [-0.2, 0) is 42.6 Å². The molecule has 7 rings (SSSR count). The van der Waals surface area contributed by atoms with Crippen LogP contribution in [0.3, 0.4) is 0 Å². The Bertz CT molecular complexity index is 2370. The van der Waals surface area contributed by atoms with E-state index >= 15 is 0 Å². The molecule has 2 aliphatic rings. The van der Waals surface area contributed by atoms with Gasteiger partial charge in [-0.05, 0) is 67.1 Å². The lowest BCUT2D eigenvalue weighted by Crippen LogP contribution is -2.67. The number of rotatable bonds is 18. The highest BCUT2D eigenvalue weighted by Gasteiger charge is 2.57. The van der Waals surface area contributed by atoms with Crippen LogP contribution in [-0.4, -0.2) is 121 Å². The standard InChI is InChI=1S/C51H50O16/c1-2-3-29-59-50-44(66-49(58)36-27-17-8-18-28-36)42(64-47(56)34-23-13-6-14-24-34)40(38(62-50)31-60-45(54)32-19-9-4-10-20-32)67-51-43(65-48(57)35-25-15-7-16-26-35)41(39(53)37(30-52)61-51)63-46(55)33-21-11-5-12-22-33/h4-28,37-44,50-53H,2-3,29-31H2,1H3/t37?,38?,39-,40+,41?,42?,43?,44?,50+,51-/m0/s1. The number of carbonyl (C=O) groups excluding carboxylic acids is 5. The van der Waals surface area contributed by atoms with E-state index in [9.17, 15) is 34.2 Å². The van der Waals surface area contributed by atoms with Gasteiger partial charge in [-0.15, -0.1) is 0 Å².